The molecule has 0 atom stereocenters. The van der Waals surface area contributed by atoms with E-state index in [1.54, 1.807) is 58.2 Å². The number of phenols is 1. The average Bonchev–Trinajstić information content (AvgIpc) is 3.65. The van der Waals surface area contributed by atoms with Gasteiger partial charge in [-0.05, 0) is 154 Å². The Bertz CT molecular complexity index is 3200. The number of benzene rings is 6. The molecule has 0 saturated heterocycles. The minimum absolute atomic E-state index is 0.0331. The van der Waals surface area contributed by atoms with Crippen LogP contribution in [0, 0.1) is 27.6 Å². The minimum Gasteiger partial charge on any atom is -0.507 e. The molecule has 8 aromatic rings. The summed E-state index contributed by atoms with van der Waals surface area (Å²) in [5.41, 5.74) is 12.2. The highest BCUT2D eigenvalue weighted by atomic mass is 16.3. The summed E-state index contributed by atoms with van der Waals surface area (Å²) in [6, 6.07) is 37.8. The van der Waals surface area contributed by atoms with Gasteiger partial charge in [0, 0.05) is 28.3 Å². The Hall–Kier alpha value is -6.26. The van der Waals surface area contributed by atoms with Crippen LogP contribution in [0.25, 0.3) is 72.7 Å². The zero-order valence-corrected chi connectivity index (χ0v) is 35.9. The fraction of sp³-hybridized carbons (Fsp3) is 0.250. The number of nitrogens with zero attached hydrogens (tertiary/aromatic N) is 3. The Morgan fingerprint density at radius 3 is 2.02 bits per heavy atom. The van der Waals surface area contributed by atoms with Gasteiger partial charge in [-0.25, -0.2) is 4.98 Å². The molecule has 0 fully saturated rings. The maximum atomic E-state index is 11.8. The Balaban J connectivity index is 1.39. The molecule has 302 valence electrons. The fourth-order valence-electron chi connectivity index (χ4n) is 8.27. The van der Waals surface area contributed by atoms with E-state index in [1.165, 1.54) is 0 Å². The first-order valence-corrected chi connectivity index (χ1v) is 20.5. The predicted octanol–water partition coefficient (Wildman–Crippen LogP) is 15.2. The summed E-state index contributed by atoms with van der Waals surface area (Å²) in [5.74, 6) is -1.72. The molecular weight excluding hydrogens is 731 g/mol. The van der Waals surface area contributed by atoms with Crippen molar-refractivity contribution in [3.8, 4) is 67.5 Å². The summed E-state index contributed by atoms with van der Waals surface area (Å²) in [4.78, 5) is 10.2. The normalized spacial score (nSPS) is 14.7. The Kier molecular flexibility index (Phi) is 8.29. The molecule has 0 radical (unpaired) electrons. The maximum Gasteiger partial charge on any atom is 0.149 e. The number of hydrogen-bond donors (Lipinski definition) is 1. The van der Waals surface area contributed by atoms with Gasteiger partial charge in [0.05, 0.1) is 28.0 Å². The van der Waals surface area contributed by atoms with E-state index in [0.29, 0.717) is 55.9 Å². The third-order valence-electron chi connectivity index (χ3n) is 11.4. The van der Waals surface area contributed by atoms with Crippen LogP contribution in [0.15, 0.2) is 128 Å². The number of rotatable bonds is 8. The lowest BCUT2D eigenvalue weighted by atomic mass is 9.83. The van der Waals surface area contributed by atoms with Gasteiger partial charge in [0.25, 0.3) is 0 Å². The van der Waals surface area contributed by atoms with Crippen LogP contribution in [0.2, 0.25) is 0 Å². The number of imidazole rings is 1. The summed E-state index contributed by atoms with van der Waals surface area (Å²) in [7, 11) is 0. The third-order valence-corrected chi connectivity index (χ3v) is 11.4. The van der Waals surface area contributed by atoms with Crippen LogP contribution < -0.4 is 0 Å². The summed E-state index contributed by atoms with van der Waals surface area (Å²) < 4.78 is 70.6. The molecule has 0 bridgehead atoms. The molecular formula is C56H57N3O. The molecule has 0 spiro atoms. The lowest BCUT2D eigenvalue weighted by Gasteiger charge is -2.22. The minimum atomic E-state index is -2.63. The quantitative estimate of drug-likeness (QED) is 0.167. The van der Waals surface area contributed by atoms with Gasteiger partial charge < -0.3 is 5.11 Å². The zero-order chi connectivity index (χ0) is 49.5. The average molecular weight is 796 g/mol. The molecule has 2 aromatic heterocycles. The van der Waals surface area contributed by atoms with Gasteiger partial charge in [0.1, 0.15) is 11.6 Å². The second-order valence-electron chi connectivity index (χ2n) is 17.4. The van der Waals surface area contributed by atoms with E-state index in [1.807, 2.05) is 97.3 Å². The van der Waals surface area contributed by atoms with E-state index >= 15 is 0 Å². The second-order valence-corrected chi connectivity index (χ2v) is 17.4. The smallest absolute Gasteiger partial charge is 0.149 e. The van der Waals surface area contributed by atoms with Crippen molar-refractivity contribution in [3.05, 3.63) is 166 Å². The molecule has 1 N–H and O–H groups in total. The van der Waals surface area contributed by atoms with Crippen molar-refractivity contribution in [2.75, 3.05) is 0 Å². The van der Waals surface area contributed by atoms with E-state index in [0.717, 1.165) is 44.6 Å². The van der Waals surface area contributed by atoms with Gasteiger partial charge in [0.15, 0.2) is 0 Å². The molecule has 4 heteroatoms. The molecule has 0 aliphatic heterocycles. The third kappa shape index (κ3) is 7.56. The first-order chi connectivity index (χ1) is 31.6. The van der Waals surface area contributed by atoms with Crippen molar-refractivity contribution < 1.29 is 16.1 Å². The Morgan fingerprint density at radius 1 is 0.633 bits per heavy atom. The van der Waals surface area contributed by atoms with Gasteiger partial charge in [0.2, 0.25) is 0 Å². The number of aromatic nitrogens is 3. The van der Waals surface area contributed by atoms with Gasteiger partial charge in [-0.15, -0.1) is 0 Å². The van der Waals surface area contributed by atoms with E-state index in [9.17, 15) is 5.11 Å². The molecule has 60 heavy (non-hydrogen) atoms. The van der Waals surface area contributed by atoms with Crippen molar-refractivity contribution in [2.24, 2.45) is 0 Å². The Labute approximate surface area is 367 Å². The molecule has 0 aliphatic carbocycles. The second kappa shape index (κ2) is 15.7. The molecule has 0 unspecified atom stereocenters. The number of aromatic hydroxyl groups is 1. The van der Waals surface area contributed by atoms with Crippen molar-refractivity contribution in [2.45, 2.75) is 93.2 Å². The standard InChI is InChI=1S/C56H57N3O/c1-33(2)45-14-12-15-46(34(3)4)52(45)41-22-23-50(37(7)28-41)59-51-17-13-16-47(53(51)58-55(59)48-27-36(6)26-38(8)54(48)60)42-29-43(31-44(30-42)56(9,10)11)49-32-40(24-25-57-49)39-20-18-35(5)19-21-39/h12-34,60H,1-11H3/i5D3,7D3,33D,34D. The van der Waals surface area contributed by atoms with Crippen LogP contribution in [0.3, 0.4) is 0 Å². The molecule has 2 heterocycles. The van der Waals surface area contributed by atoms with Crippen molar-refractivity contribution in [1.82, 2.24) is 14.5 Å². The van der Waals surface area contributed by atoms with E-state index in [4.69, 9.17) is 20.9 Å². The number of pyridine rings is 1. The van der Waals surface area contributed by atoms with Crippen LogP contribution >= 0.6 is 0 Å². The molecule has 0 amide bonds. The molecule has 4 nitrogen and oxygen atoms in total. The topological polar surface area (TPSA) is 50.9 Å². The largest absolute Gasteiger partial charge is 0.507 e. The molecule has 8 rings (SSSR count). The predicted molar refractivity (Wildman–Crippen MR) is 254 cm³/mol. The van der Waals surface area contributed by atoms with Crippen LogP contribution in [-0.2, 0) is 5.41 Å². The van der Waals surface area contributed by atoms with Gasteiger partial charge in [-0.1, -0.05) is 127 Å². The number of aryl methyl sites for hydroxylation is 4. The fourth-order valence-corrected chi connectivity index (χ4v) is 8.27. The summed E-state index contributed by atoms with van der Waals surface area (Å²) >= 11 is 0. The van der Waals surface area contributed by atoms with Crippen LogP contribution in [-0.4, -0.2) is 19.6 Å². The van der Waals surface area contributed by atoms with Gasteiger partial charge in [-0.3, -0.25) is 9.55 Å². The zero-order valence-electron chi connectivity index (χ0n) is 43.9. The van der Waals surface area contributed by atoms with Crippen LogP contribution in [0.4, 0.5) is 0 Å². The summed E-state index contributed by atoms with van der Waals surface area (Å²) in [5, 5.41) is 11.8. The van der Waals surface area contributed by atoms with E-state index in [-0.39, 0.29) is 22.3 Å². The lowest BCUT2D eigenvalue weighted by Crippen LogP contribution is -2.11. The monoisotopic (exact) mass is 796 g/mol. The first-order valence-electron chi connectivity index (χ1n) is 24.5. The van der Waals surface area contributed by atoms with Crippen molar-refractivity contribution in [1.29, 1.82) is 0 Å². The molecule has 6 aromatic carbocycles. The van der Waals surface area contributed by atoms with Crippen molar-refractivity contribution >= 4 is 11.0 Å². The first kappa shape index (κ1) is 31.6. The maximum absolute atomic E-state index is 11.8. The highest BCUT2D eigenvalue weighted by Crippen LogP contribution is 2.43. The molecule has 0 saturated carbocycles. The lowest BCUT2D eigenvalue weighted by molar-refractivity contribution is 0.472. The SMILES string of the molecule is [2H]C([2H])([2H])c1ccc(-c2ccnc(-c3cc(-c4cccc5c4nc(-c4cc(C)cc(C)c4O)n5-c4ccc(-c5c(C([2H])(C)C)cccc5C([2H])(C)C)cc4C([2H])([2H])[2H])cc(C(C)(C)C)c3)c2)cc1. The van der Waals surface area contributed by atoms with Gasteiger partial charge in [-0.2, -0.15) is 0 Å². The van der Waals surface area contributed by atoms with Crippen LogP contribution in [0.1, 0.15) is 110 Å². The summed E-state index contributed by atoms with van der Waals surface area (Å²) in [6.45, 7) is 12.6. The number of phenolic OH excluding ortho intramolecular Hbond substituents is 1. The highest BCUT2D eigenvalue weighted by Gasteiger charge is 2.24. The highest BCUT2D eigenvalue weighted by molar-refractivity contribution is 5.97. The van der Waals surface area contributed by atoms with E-state index in [2.05, 4.69) is 39.0 Å². The van der Waals surface area contributed by atoms with E-state index < -0.39 is 25.5 Å². The summed E-state index contributed by atoms with van der Waals surface area (Å²) in [6.07, 6.45) is 1.76. The number of fused-ring (bicyclic) bond motifs is 1. The van der Waals surface area contributed by atoms with Crippen molar-refractivity contribution in [3.63, 3.8) is 0 Å². The van der Waals surface area contributed by atoms with Gasteiger partial charge >= 0.3 is 0 Å². The molecule has 0 aliphatic rings. The number of hydrogen-bond acceptors (Lipinski definition) is 3. The Morgan fingerprint density at radius 2 is 1.33 bits per heavy atom. The number of para-hydroxylation sites is 1. The van der Waals surface area contributed by atoms with Crippen LogP contribution in [0.5, 0.6) is 5.75 Å².